The van der Waals surface area contributed by atoms with Gasteiger partial charge in [0.05, 0.1) is 6.61 Å². The summed E-state index contributed by atoms with van der Waals surface area (Å²) in [5.41, 5.74) is -1.82. The minimum atomic E-state index is -4.50. The van der Waals surface area contributed by atoms with Crippen molar-refractivity contribution in [2.75, 3.05) is 19.8 Å². The lowest BCUT2D eigenvalue weighted by Gasteiger charge is -2.07. The minimum absolute atomic E-state index is 0.0898. The zero-order valence-corrected chi connectivity index (χ0v) is 19.3. The summed E-state index contributed by atoms with van der Waals surface area (Å²) in [5, 5.41) is 8.43. The Kier molecular flexibility index (Phi) is 20.1. The summed E-state index contributed by atoms with van der Waals surface area (Å²) in [7, 11) is -4.50. The van der Waals surface area contributed by atoms with Gasteiger partial charge in [0, 0.05) is 13.2 Å². The number of unbranched alkanes of at least 4 members (excludes halogenated alkanes) is 12. The lowest BCUT2D eigenvalue weighted by Crippen LogP contribution is -2.04. The van der Waals surface area contributed by atoms with E-state index in [-0.39, 0.29) is 6.61 Å². The first-order valence-electron chi connectivity index (χ1n) is 11.4. The van der Waals surface area contributed by atoms with Crippen molar-refractivity contribution in [3.05, 3.63) is 12.2 Å². The number of hydrogen-bond donors (Lipinski definition) is 2. The fourth-order valence-electron chi connectivity index (χ4n) is 2.96. The van der Waals surface area contributed by atoms with Crippen LogP contribution >= 0.6 is 7.60 Å². The number of hydrogen-bond acceptors (Lipinski definition) is 4. The van der Waals surface area contributed by atoms with Crippen molar-refractivity contribution in [1.82, 2.24) is 0 Å². The summed E-state index contributed by atoms with van der Waals surface area (Å²) >= 11 is 0. The zero-order chi connectivity index (χ0) is 21.6. The van der Waals surface area contributed by atoms with E-state index in [1.807, 2.05) is 0 Å². The van der Waals surface area contributed by atoms with E-state index in [1.54, 1.807) is 0 Å². The van der Waals surface area contributed by atoms with Crippen LogP contribution in [0.1, 0.15) is 103 Å². The molecule has 0 aliphatic rings. The van der Waals surface area contributed by atoms with Crippen LogP contribution in [0.5, 0.6) is 0 Å². The summed E-state index contributed by atoms with van der Waals surface area (Å²) in [6.07, 6.45) is 22.9. The molecule has 1 unspecified atom stereocenters. The van der Waals surface area contributed by atoms with Crippen LogP contribution in [0.4, 0.5) is 4.79 Å². The summed E-state index contributed by atoms with van der Waals surface area (Å²) in [4.78, 5) is 19.3. The molecule has 0 heterocycles. The van der Waals surface area contributed by atoms with Gasteiger partial charge in [-0.15, -0.1) is 0 Å². The maximum atomic E-state index is 11.0. The van der Waals surface area contributed by atoms with Crippen LogP contribution in [0.3, 0.4) is 0 Å². The van der Waals surface area contributed by atoms with Gasteiger partial charge in [-0.05, 0) is 38.5 Å². The predicted octanol–water partition coefficient (Wildman–Crippen LogP) is 7.31. The van der Waals surface area contributed by atoms with E-state index in [2.05, 4.69) is 23.6 Å². The summed E-state index contributed by atoms with van der Waals surface area (Å²) in [6, 6.07) is 0. The monoisotopic (exact) mass is 434 g/mol. The molecule has 0 rings (SSSR count). The highest BCUT2D eigenvalue weighted by atomic mass is 31.2. The minimum Gasteiger partial charge on any atom is -0.472 e. The van der Waals surface area contributed by atoms with Crippen LogP contribution in [-0.2, 0) is 13.8 Å². The Morgan fingerprint density at radius 1 is 0.759 bits per heavy atom. The zero-order valence-electron chi connectivity index (χ0n) is 18.4. The molecule has 0 aliphatic carbocycles. The molecule has 0 aromatic heterocycles. The molecule has 6 nitrogen and oxygen atoms in total. The molecule has 0 saturated carbocycles. The van der Waals surface area contributed by atoms with Crippen LogP contribution in [0.25, 0.3) is 0 Å². The molecule has 7 heteroatoms. The largest absolute Gasteiger partial charge is 0.472 e. The quantitative estimate of drug-likeness (QED) is 0.105. The Morgan fingerprint density at radius 3 is 1.79 bits per heavy atom. The SMILES string of the molecule is CCCCCCCC/C=C\CCCCCCCCOCCCOP(=O)(O)C(=O)O. The van der Waals surface area contributed by atoms with Crippen molar-refractivity contribution in [2.45, 2.75) is 103 Å². The molecule has 0 aromatic carbocycles. The summed E-state index contributed by atoms with van der Waals surface area (Å²) < 4.78 is 20.9. The third-order valence-electron chi connectivity index (χ3n) is 4.74. The molecule has 0 fully saturated rings. The highest BCUT2D eigenvalue weighted by molar-refractivity contribution is 7.70. The molecule has 172 valence electrons. The summed E-state index contributed by atoms with van der Waals surface area (Å²) in [6.45, 7) is 3.24. The average Bonchev–Trinajstić information content (AvgIpc) is 2.69. The first-order chi connectivity index (χ1) is 14.0. The molecule has 0 saturated heterocycles. The maximum Gasteiger partial charge on any atom is 0.435 e. The highest BCUT2D eigenvalue weighted by Crippen LogP contribution is 2.42. The Morgan fingerprint density at radius 2 is 1.24 bits per heavy atom. The Balaban J connectivity index is 3.19. The van der Waals surface area contributed by atoms with Gasteiger partial charge in [0.25, 0.3) is 0 Å². The van der Waals surface area contributed by atoms with Gasteiger partial charge in [0.15, 0.2) is 0 Å². The number of allylic oxidation sites excluding steroid dienone is 2. The third kappa shape index (κ3) is 20.4. The van der Waals surface area contributed by atoms with Gasteiger partial charge in [-0.1, -0.05) is 76.9 Å². The standard InChI is InChI=1S/C22H43O6P/c1-2-3-4-5-6-7-8-9-10-11-12-13-14-15-16-17-19-27-20-18-21-28-29(25,26)22(23)24/h9-10H,2-8,11-21H2,1H3,(H,23,24)(H,25,26)/b10-9-. The molecule has 2 N–H and O–H groups in total. The van der Waals surface area contributed by atoms with Crippen molar-refractivity contribution in [3.63, 3.8) is 0 Å². The molecule has 0 aromatic rings. The van der Waals surface area contributed by atoms with E-state index < -0.39 is 13.3 Å². The predicted molar refractivity (Wildman–Crippen MR) is 119 cm³/mol. The number of ether oxygens (including phenoxy) is 1. The van der Waals surface area contributed by atoms with Crippen molar-refractivity contribution >= 4 is 13.3 Å². The Bertz CT molecular complexity index is 453. The van der Waals surface area contributed by atoms with E-state index in [0.717, 1.165) is 12.8 Å². The van der Waals surface area contributed by atoms with E-state index in [9.17, 15) is 9.36 Å². The molecular weight excluding hydrogens is 391 g/mol. The Hall–Kier alpha value is -0.680. The van der Waals surface area contributed by atoms with Gasteiger partial charge in [0.2, 0.25) is 0 Å². The maximum absolute atomic E-state index is 11.0. The van der Waals surface area contributed by atoms with Gasteiger partial charge in [-0.2, -0.15) is 0 Å². The van der Waals surface area contributed by atoms with Gasteiger partial charge >= 0.3 is 13.3 Å². The summed E-state index contributed by atoms with van der Waals surface area (Å²) in [5.74, 6) is 0. The second-order valence-electron chi connectivity index (χ2n) is 7.54. The van der Waals surface area contributed by atoms with Crippen molar-refractivity contribution < 1.29 is 28.6 Å². The van der Waals surface area contributed by atoms with Gasteiger partial charge in [-0.25, -0.2) is 9.36 Å². The van der Waals surface area contributed by atoms with Gasteiger partial charge in [0.1, 0.15) is 0 Å². The lowest BCUT2D eigenvalue weighted by atomic mass is 10.1. The second-order valence-corrected chi connectivity index (χ2v) is 9.22. The Labute approximate surface area is 177 Å². The van der Waals surface area contributed by atoms with Crippen molar-refractivity contribution in [1.29, 1.82) is 0 Å². The smallest absolute Gasteiger partial charge is 0.435 e. The van der Waals surface area contributed by atoms with Crippen LogP contribution < -0.4 is 0 Å². The number of carboxylic acid groups (broad SMARTS) is 1. The van der Waals surface area contributed by atoms with Crippen molar-refractivity contribution in [2.24, 2.45) is 0 Å². The molecule has 0 amide bonds. The van der Waals surface area contributed by atoms with Crippen LogP contribution in [-0.4, -0.2) is 35.5 Å². The van der Waals surface area contributed by atoms with Crippen molar-refractivity contribution in [3.8, 4) is 0 Å². The normalized spacial score (nSPS) is 13.7. The van der Waals surface area contributed by atoms with E-state index >= 15 is 0 Å². The molecule has 29 heavy (non-hydrogen) atoms. The fourth-order valence-corrected chi connectivity index (χ4v) is 3.45. The highest BCUT2D eigenvalue weighted by Gasteiger charge is 2.29. The van der Waals surface area contributed by atoms with E-state index in [0.29, 0.717) is 19.6 Å². The van der Waals surface area contributed by atoms with Crippen LogP contribution in [0.2, 0.25) is 0 Å². The lowest BCUT2D eigenvalue weighted by molar-refractivity contribution is 0.113. The molecule has 0 aliphatic heterocycles. The molecule has 1 atom stereocenters. The first kappa shape index (κ1) is 28.3. The average molecular weight is 435 g/mol. The van der Waals surface area contributed by atoms with Gasteiger partial charge in [-0.3, -0.25) is 0 Å². The van der Waals surface area contributed by atoms with Crippen LogP contribution in [0, 0.1) is 0 Å². The van der Waals surface area contributed by atoms with Crippen LogP contribution in [0.15, 0.2) is 12.2 Å². The van der Waals surface area contributed by atoms with E-state index in [1.165, 1.54) is 77.0 Å². The molecule has 0 spiro atoms. The van der Waals surface area contributed by atoms with Gasteiger partial charge < -0.3 is 19.3 Å². The molecule has 0 bridgehead atoms. The fraction of sp³-hybridized carbons (Fsp3) is 0.864. The van der Waals surface area contributed by atoms with E-state index in [4.69, 9.17) is 14.7 Å². The third-order valence-corrected chi connectivity index (χ3v) is 5.76. The number of carbonyl (C=O) groups is 1. The molecular formula is C22H43O6P. The topological polar surface area (TPSA) is 93.1 Å². The number of rotatable bonds is 22. The molecule has 0 radical (unpaired) electrons. The second kappa shape index (κ2) is 20.6. The first-order valence-corrected chi connectivity index (χ1v) is 13.0.